The summed E-state index contributed by atoms with van der Waals surface area (Å²) in [6.45, 7) is 8.68. The maximum atomic E-state index is 12.1. The van der Waals surface area contributed by atoms with E-state index in [0.717, 1.165) is 37.7 Å². The first-order chi connectivity index (χ1) is 11.4. The van der Waals surface area contributed by atoms with Crippen LogP contribution in [0.5, 0.6) is 0 Å². The molecule has 3 heteroatoms. The lowest BCUT2D eigenvalue weighted by Gasteiger charge is -2.26. The average molecular weight is 331 g/mol. The van der Waals surface area contributed by atoms with Crippen LogP contribution in [0.3, 0.4) is 0 Å². The van der Waals surface area contributed by atoms with Crippen LogP contribution < -0.4 is 0 Å². The molecule has 133 valence electrons. The Hall–Kier alpha value is -1.35. The maximum Gasteiger partial charge on any atom is 0.373 e. The number of benzene rings is 1. The Morgan fingerprint density at radius 1 is 1.12 bits per heavy atom. The predicted molar refractivity (Wildman–Crippen MR) is 96.4 cm³/mol. The van der Waals surface area contributed by atoms with Gasteiger partial charge in [0.25, 0.3) is 0 Å². The van der Waals surface area contributed by atoms with Crippen LogP contribution in [0.25, 0.3) is 0 Å². The fourth-order valence-corrected chi connectivity index (χ4v) is 3.12. The first kappa shape index (κ1) is 19.0. The van der Waals surface area contributed by atoms with Crippen molar-refractivity contribution >= 4 is 5.97 Å². The number of carbonyl (C=O) groups is 1. The van der Waals surface area contributed by atoms with Gasteiger partial charge in [0.1, 0.15) is 6.10 Å². The molecule has 0 spiro atoms. The second kappa shape index (κ2) is 8.66. The van der Waals surface area contributed by atoms with Crippen molar-refractivity contribution in [3.63, 3.8) is 0 Å². The van der Waals surface area contributed by atoms with Gasteiger partial charge in [0, 0.05) is 0 Å². The molecule has 0 N–H and O–H groups in total. The summed E-state index contributed by atoms with van der Waals surface area (Å²) in [5.74, 6) is 0.383. The molecule has 2 rings (SSSR count). The van der Waals surface area contributed by atoms with Crippen molar-refractivity contribution in [2.24, 2.45) is 5.92 Å². The zero-order valence-corrected chi connectivity index (χ0v) is 15.6. The van der Waals surface area contributed by atoms with E-state index < -0.39 is 5.97 Å². The molecule has 1 saturated carbocycles. The fraction of sp³-hybridized carbons (Fsp3) is 0.619. The second-order valence-electron chi connectivity index (χ2n) is 7.91. The monoisotopic (exact) mass is 331 g/mol. The molecule has 1 radical (unpaired) electrons. The van der Waals surface area contributed by atoms with Crippen molar-refractivity contribution in [2.75, 3.05) is 0 Å². The third-order valence-corrected chi connectivity index (χ3v) is 4.85. The highest BCUT2D eigenvalue weighted by Gasteiger charge is 2.24. The van der Waals surface area contributed by atoms with Crippen molar-refractivity contribution < 1.29 is 14.6 Å². The zero-order chi connectivity index (χ0) is 17.6. The standard InChI is InChI=1S/C21H31O3/c1-5-6-7-16-8-14-19(15-9-16)23-24-20(22)17-10-12-18(13-11-17)21(2,3)4/h10-13,16H,5-9,14-15H2,1-4H3. The van der Waals surface area contributed by atoms with E-state index in [1.165, 1.54) is 24.8 Å². The lowest BCUT2D eigenvalue weighted by atomic mass is 9.84. The third-order valence-electron chi connectivity index (χ3n) is 4.85. The topological polar surface area (TPSA) is 35.5 Å². The molecule has 1 aliphatic carbocycles. The summed E-state index contributed by atoms with van der Waals surface area (Å²) in [5, 5.41) is 0. The SMILES string of the molecule is CCCCC1CC[C](OOC(=O)c2ccc(C(C)(C)C)cc2)CC1. The predicted octanol–water partition coefficient (Wildman–Crippen LogP) is 5.98. The molecule has 0 heterocycles. The van der Waals surface area contributed by atoms with Gasteiger partial charge in [-0.3, -0.25) is 4.89 Å². The molecule has 0 atom stereocenters. The molecule has 0 unspecified atom stereocenters. The van der Waals surface area contributed by atoms with Gasteiger partial charge in [-0.15, -0.1) is 0 Å². The van der Waals surface area contributed by atoms with Crippen molar-refractivity contribution in [3.8, 4) is 0 Å². The zero-order valence-electron chi connectivity index (χ0n) is 15.6. The molecule has 0 bridgehead atoms. The summed E-state index contributed by atoms with van der Waals surface area (Å²) < 4.78 is 0. The Balaban J connectivity index is 1.76. The molecule has 0 amide bonds. The number of hydrogen-bond donors (Lipinski definition) is 0. The Kier molecular flexibility index (Phi) is 6.85. The van der Waals surface area contributed by atoms with Crippen LogP contribution in [0.2, 0.25) is 0 Å². The molecule has 0 saturated heterocycles. The van der Waals surface area contributed by atoms with Gasteiger partial charge in [-0.2, -0.15) is 4.89 Å². The van der Waals surface area contributed by atoms with E-state index in [-0.39, 0.29) is 5.41 Å². The number of unbranched alkanes of at least 4 members (excludes halogenated alkanes) is 1. The van der Waals surface area contributed by atoms with Crippen LogP contribution in [-0.2, 0) is 15.2 Å². The highest BCUT2D eigenvalue weighted by atomic mass is 17.2. The molecule has 1 aliphatic rings. The minimum atomic E-state index is -0.420. The Morgan fingerprint density at radius 2 is 1.75 bits per heavy atom. The molecule has 1 aromatic rings. The van der Waals surface area contributed by atoms with E-state index in [1.54, 1.807) is 12.1 Å². The van der Waals surface area contributed by atoms with Crippen LogP contribution in [0, 0.1) is 12.0 Å². The lowest BCUT2D eigenvalue weighted by Crippen LogP contribution is -2.17. The van der Waals surface area contributed by atoms with Crippen molar-refractivity contribution in [2.45, 2.75) is 78.1 Å². The fourth-order valence-electron chi connectivity index (χ4n) is 3.12. The lowest BCUT2D eigenvalue weighted by molar-refractivity contribution is -0.240. The molecule has 0 aliphatic heterocycles. The summed E-state index contributed by atoms with van der Waals surface area (Å²) in [4.78, 5) is 22.4. The van der Waals surface area contributed by atoms with Gasteiger partial charge in [-0.1, -0.05) is 59.1 Å². The van der Waals surface area contributed by atoms with Gasteiger partial charge in [0.2, 0.25) is 0 Å². The van der Waals surface area contributed by atoms with Crippen molar-refractivity contribution in [3.05, 3.63) is 41.5 Å². The first-order valence-electron chi connectivity index (χ1n) is 9.24. The second-order valence-corrected chi connectivity index (χ2v) is 7.91. The summed E-state index contributed by atoms with van der Waals surface area (Å²) >= 11 is 0. The first-order valence-corrected chi connectivity index (χ1v) is 9.24. The number of rotatable bonds is 6. The van der Waals surface area contributed by atoms with E-state index in [4.69, 9.17) is 9.78 Å². The molecule has 24 heavy (non-hydrogen) atoms. The highest BCUT2D eigenvalue weighted by molar-refractivity contribution is 5.89. The van der Waals surface area contributed by atoms with Gasteiger partial charge in [-0.05, 0) is 54.7 Å². The van der Waals surface area contributed by atoms with E-state index in [2.05, 4.69) is 27.7 Å². The van der Waals surface area contributed by atoms with Gasteiger partial charge < -0.3 is 0 Å². The van der Waals surface area contributed by atoms with Crippen LogP contribution in [0.15, 0.2) is 24.3 Å². The maximum absolute atomic E-state index is 12.1. The molecular weight excluding hydrogens is 300 g/mol. The molecule has 1 aromatic carbocycles. The van der Waals surface area contributed by atoms with Gasteiger partial charge in [0.05, 0.1) is 5.56 Å². The van der Waals surface area contributed by atoms with Crippen molar-refractivity contribution in [1.82, 2.24) is 0 Å². The minimum absolute atomic E-state index is 0.0746. The van der Waals surface area contributed by atoms with Crippen molar-refractivity contribution in [1.29, 1.82) is 0 Å². The Labute approximate surface area is 146 Å². The van der Waals surface area contributed by atoms with E-state index in [9.17, 15) is 4.79 Å². The number of hydrogen-bond acceptors (Lipinski definition) is 3. The molecule has 0 aromatic heterocycles. The molecule has 3 nitrogen and oxygen atoms in total. The summed E-state index contributed by atoms with van der Waals surface area (Å²) in [5.41, 5.74) is 1.80. The quantitative estimate of drug-likeness (QED) is 0.475. The number of carbonyl (C=O) groups excluding carboxylic acids is 1. The highest BCUT2D eigenvalue weighted by Crippen LogP contribution is 2.34. The molecular formula is C21H31O3. The third kappa shape index (κ3) is 5.62. The van der Waals surface area contributed by atoms with Gasteiger partial charge in [0.15, 0.2) is 0 Å². The van der Waals surface area contributed by atoms with Crippen LogP contribution in [-0.4, -0.2) is 5.97 Å². The van der Waals surface area contributed by atoms with E-state index >= 15 is 0 Å². The smallest absolute Gasteiger partial charge is 0.292 e. The summed E-state index contributed by atoms with van der Waals surface area (Å²) in [6.07, 6.45) is 8.89. The summed E-state index contributed by atoms with van der Waals surface area (Å²) in [6, 6.07) is 7.56. The van der Waals surface area contributed by atoms with Crippen LogP contribution in [0.1, 0.15) is 88.6 Å². The van der Waals surface area contributed by atoms with E-state index in [1.807, 2.05) is 12.1 Å². The molecule has 1 fully saturated rings. The largest absolute Gasteiger partial charge is 0.373 e. The average Bonchev–Trinajstić information content (AvgIpc) is 2.58. The van der Waals surface area contributed by atoms with E-state index in [0.29, 0.717) is 5.56 Å². The van der Waals surface area contributed by atoms with Gasteiger partial charge in [-0.25, -0.2) is 4.79 Å². The Bertz CT molecular complexity index is 505. The van der Waals surface area contributed by atoms with Gasteiger partial charge >= 0.3 is 5.97 Å². The Morgan fingerprint density at radius 3 is 2.29 bits per heavy atom. The normalized spacial score (nSPS) is 17.0. The summed E-state index contributed by atoms with van der Waals surface area (Å²) in [7, 11) is 0. The van der Waals surface area contributed by atoms with Crippen LogP contribution in [0.4, 0.5) is 0 Å². The minimum Gasteiger partial charge on any atom is -0.292 e. The van der Waals surface area contributed by atoms with Crippen LogP contribution >= 0.6 is 0 Å².